The maximum atomic E-state index is 12.3. The molecule has 1 heterocycles. The monoisotopic (exact) mass is 418 g/mol. The number of thiazole rings is 1. The first-order valence-corrected chi connectivity index (χ1v) is 9.87. The first-order valence-electron chi connectivity index (χ1n) is 8.68. The Hall–Kier alpha value is -2.64. The lowest BCUT2D eigenvalue weighted by Crippen LogP contribution is -2.24. The number of halogens is 1. The molecule has 0 radical (unpaired) electrons. The Morgan fingerprint density at radius 3 is 2.64 bits per heavy atom. The van der Waals surface area contributed by atoms with Crippen LogP contribution in [0.25, 0.3) is 10.2 Å². The van der Waals surface area contributed by atoms with Crippen LogP contribution in [0.15, 0.2) is 47.5 Å². The average molecular weight is 419 g/mol. The highest BCUT2D eigenvalue weighted by Gasteiger charge is 2.12. The molecule has 1 amide bonds. The lowest BCUT2D eigenvalue weighted by molar-refractivity contribution is -0.143. The van der Waals surface area contributed by atoms with Crippen molar-refractivity contribution in [3.63, 3.8) is 0 Å². The van der Waals surface area contributed by atoms with Crippen LogP contribution in [0.5, 0.6) is 5.75 Å². The minimum atomic E-state index is -0.448. The van der Waals surface area contributed by atoms with E-state index in [2.05, 4.69) is 4.99 Å². The van der Waals surface area contributed by atoms with Crippen molar-refractivity contribution in [2.45, 2.75) is 20.4 Å². The Morgan fingerprint density at radius 1 is 1.18 bits per heavy atom. The standard InChI is InChI=1S/C20H19ClN2O4S/c1-3-26-19(25)11-23-16-9-4-13(2)10-17(16)28-20(23)22-18(24)12-27-15-7-5-14(21)6-8-15/h4-10H,3,11-12H2,1-2H3. The third kappa shape index (κ3) is 4.99. The fourth-order valence-electron chi connectivity index (χ4n) is 2.57. The van der Waals surface area contributed by atoms with Gasteiger partial charge in [-0.3, -0.25) is 9.59 Å². The lowest BCUT2D eigenvalue weighted by atomic mass is 10.2. The largest absolute Gasteiger partial charge is 0.484 e. The van der Waals surface area contributed by atoms with Crippen LogP contribution in [0.3, 0.4) is 0 Å². The molecule has 0 aliphatic carbocycles. The van der Waals surface area contributed by atoms with E-state index in [1.54, 1.807) is 35.8 Å². The van der Waals surface area contributed by atoms with E-state index in [1.807, 2.05) is 25.1 Å². The molecule has 28 heavy (non-hydrogen) atoms. The summed E-state index contributed by atoms with van der Waals surface area (Å²) in [4.78, 5) is 28.9. The Bertz CT molecular complexity index is 1070. The first-order chi connectivity index (χ1) is 13.5. The molecule has 3 aromatic rings. The van der Waals surface area contributed by atoms with Crippen molar-refractivity contribution in [3.05, 3.63) is 57.9 Å². The number of carbonyl (C=O) groups excluding carboxylic acids is 2. The molecule has 0 bridgehead atoms. The van der Waals surface area contributed by atoms with E-state index in [1.165, 1.54) is 11.3 Å². The summed E-state index contributed by atoms with van der Waals surface area (Å²) in [5.74, 6) is -0.302. The van der Waals surface area contributed by atoms with E-state index in [4.69, 9.17) is 21.1 Å². The average Bonchev–Trinajstić information content (AvgIpc) is 2.97. The molecule has 0 saturated heterocycles. The minimum absolute atomic E-state index is 0.0128. The molecule has 0 saturated carbocycles. The molecule has 0 spiro atoms. The van der Waals surface area contributed by atoms with Gasteiger partial charge < -0.3 is 14.0 Å². The summed E-state index contributed by atoms with van der Waals surface area (Å²) in [7, 11) is 0. The van der Waals surface area contributed by atoms with E-state index in [0.717, 1.165) is 15.8 Å². The third-order valence-corrected chi connectivity index (χ3v) is 5.12. The number of aryl methyl sites for hydroxylation is 1. The zero-order chi connectivity index (χ0) is 20.1. The molecule has 0 unspecified atom stereocenters. The molecule has 0 N–H and O–H groups in total. The number of esters is 1. The van der Waals surface area contributed by atoms with Gasteiger partial charge in [-0.05, 0) is 55.8 Å². The van der Waals surface area contributed by atoms with Gasteiger partial charge in [0.25, 0.3) is 5.91 Å². The molecular formula is C20H19ClN2O4S. The second kappa shape index (κ2) is 9.03. The van der Waals surface area contributed by atoms with Crippen LogP contribution in [0, 0.1) is 6.92 Å². The predicted octanol–water partition coefficient (Wildman–Crippen LogP) is 3.73. The SMILES string of the molecule is CCOC(=O)Cn1c(=NC(=O)COc2ccc(Cl)cc2)sc2cc(C)ccc21. The molecule has 0 atom stereocenters. The van der Waals surface area contributed by atoms with Crippen LogP contribution in [0.4, 0.5) is 0 Å². The van der Waals surface area contributed by atoms with Crippen molar-refractivity contribution in [2.24, 2.45) is 4.99 Å². The first kappa shape index (κ1) is 20.1. The van der Waals surface area contributed by atoms with Gasteiger partial charge in [0.1, 0.15) is 12.3 Å². The number of carbonyl (C=O) groups is 2. The van der Waals surface area contributed by atoms with E-state index in [-0.39, 0.29) is 19.1 Å². The van der Waals surface area contributed by atoms with Gasteiger partial charge in [-0.25, -0.2) is 0 Å². The number of hydrogen-bond acceptors (Lipinski definition) is 5. The van der Waals surface area contributed by atoms with Gasteiger partial charge in [0.2, 0.25) is 0 Å². The van der Waals surface area contributed by atoms with Crippen LogP contribution < -0.4 is 9.54 Å². The van der Waals surface area contributed by atoms with Gasteiger partial charge in [-0.15, -0.1) is 0 Å². The highest BCUT2D eigenvalue weighted by atomic mass is 35.5. The topological polar surface area (TPSA) is 69.9 Å². The van der Waals surface area contributed by atoms with Crippen LogP contribution in [-0.4, -0.2) is 29.7 Å². The number of fused-ring (bicyclic) bond motifs is 1. The van der Waals surface area contributed by atoms with Gasteiger partial charge in [0, 0.05) is 5.02 Å². The van der Waals surface area contributed by atoms with Crippen molar-refractivity contribution < 1.29 is 19.1 Å². The van der Waals surface area contributed by atoms with Crippen molar-refractivity contribution in [3.8, 4) is 5.75 Å². The number of rotatable bonds is 6. The van der Waals surface area contributed by atoms with Crippen molar-refractivity contribution >= 4 is 45.0 Å². The summed E-state index contributed by atoms with van der Waals surface area (Å²) in [6.07, 6.45) is 0. The second-order valence-corrected chi connectivity index (χ2v) is 7.44. The minimum Gasteiger partial charge on any atom is -0.484 e. The zero-order valence-corrected chi connectivity index (χ0v) is 17.0. The summed E-state index contributed by atoms with van der Waals surface area (Å²) in [6, 6.07) is 12.6. The molecule has 0 aliphatic heterocycles. The Kier molecular flexibility index (Phi) is 6.49. The number of hydrogen-bond donors (Lipinski definition) is 0. The van der Waals surface area contributed by atoms with Gasteiger partial charge in [-0.2, -0.15) is 4.99 Å². The highest BCUT2D eigenvalue weighted by Crippen LogP contribution is 2.19. The van der Waals surface area contributed by atoms with Crippen molar-refractivity contribution in [1.82, 2.24) is 4.57 Å². The maximum Gasteiger partial charge on any atom is 0.326 e. The van der Waals surface area contributed by atoms with Crippen LogP contribution >= 0.6 is 22.9 Å². The smallest absolute Gasteiger partial charge is 0.326 e. The fourth-order valence-corrected chi connectivity index (χ4v) is 3.84. The van der Waals surface area contributed by atoms with Gasteiger partial charge in [0.15, 0.2) is 11.4 Å². The van der Waals surface area contributed by atoms with E-state index in [9.17, 15) is 9.59 Å². The predicted molar refractivity (Wildman–Crippen MR) is 109 cm³/mol. The Labute approximate surface area is 171 Å². The van der Waals surface area contributed by atoms with Gasteiger partial charge >= 0.3 is 5.97 Å². The summed E-state index contributed by atoms with van der Waals surface area (Å²) in [5, 5.41) is 0.587. The summed E-state index contributed by atoms with van der Waals surface area (Å²) < 4.78 is 13.1. The molecule has 146 valence electrons. The summed E-state index contributed by atoms with van der Waals surface area (Å²) in [5.41, 5.74) is 1.91. The van der Waals surface area contributed by atoms with E-state index >= 15 is 0 Å². The number of nitrogens with zero attached hydrogens (tertiary/aromatic N) is 2. The highest BCUT2D eigenvalue weighted by molar-refractivity contribution is 7.16. The lowest BCUT2D eigenvalue weighted by Gasteiger charge is -2.05. The van der Waals surface area contributed by atoms with Crippen molar-refractivity contribution in [1.29, 1.82) is 0 Å². The Balaban J connectivity index is 1.87. The molecule has 3 rings (SSSR count). The normalized spacial score (nSPS) is 11.6. The summed E-state index contributed by atoms with van der Waals surface area (Å²) >= 11 is 7.18. The molecule has 8 heteroatoms. The third-order valence-electron chi connectivity index (χ3n) is 3.83. The molecule has 0 fully saturated rings. The number of amides is 1. The number of benzene rings is 2. The maximum absolute atomic E-state index is 12.3. The number of aromatic nitrogens is 1. The van der Waals surface area contributed by atoms with Crippen LogP contribution in [0.1, 0.15) is 12.5 Å². The van der Waals surface area contributed by atoms with Gasteiger partial charge in [0.05, 0.1) is 16.8 Å². The zero-order valence-electron chi connectivity index (χ0n) is 15.5. The molecule has 0 aliphatic rings. The fraction of sp³-hybridized carbons (Fsp3) is 0.250. The molecule has 6 nitrogen and oxygen atoms in total. The van der Waals surface area contributed by atoms with Crippen LogP contribution in [0.2, 0.25) is 5.02 Å². The van der Waals surface area contributed by atoms with E-state index in [0.29, 0.717) is 22.2 Å². The molecular weight excluding hydrogens is 400 g/mol. The molecule has 1 aromatic heterocycles. The van der Waals surface area contributed by atoms with Crippen molar-refractivity contribution in [2.75, 3.05) is 13.2 Å². The van der Waals surface area contributed by atoms with Gasteiger partial charge in [-0.1, -0.05) is 29.0 Å². The number of ether oxygens (including phenoxy) is 2. The van der Waals surface area contributed by atoms with Crippen LogP contribution in [-0.2, 0) is 20.9 Å². The van der Waals surface area contributed by atoms with E-state index < -0.39 is 5.91 Å². The summed E-state index contributed by atoms with van der Waals surface area (Å²) in [6.45, 7) is 3.80. The second-order valence-electron chi connectivity index (χ2n) is 6.00. The molecule has 2 aromatic carbocycles. The Morgan fingerprint density at radius 2 is 1.93 bits per heavy atom. The quantitative estimate of drug-likeness (QED) is 0.572.